The van der Waals surface area contributed by atoms with E-state index < -0.39 is 65.5 Å². The molecule has 0 saturated carbocycles. The van der Waals surface area contributed by atoms with Crippen LogP contribution in [-0.4, -0.2) is 58.2 Å². The van der Waals surface area contributed by atoms with Crippen LogP contribution in [0.5, 0.6) is 5.75 Å². The lowest BCUT2D eigenvalue weighted by Crippen LogP contribution is -2.54. The molecule has 5 aromatic rings. The summed E-state index contributed by atoms with van der Waals surface area (Å²) in [6, 6.07) is 37.0. The molecular formula is C44H39N3O8. The molecule has 3 aliphatic heterocycles. The van der Waals surface area contributed by atoms with Crippen LogP contribution in [0.3, 0.4) is 0 Å². The number of benzene rings is 5. The summed E-state index contributed by atoms with van der Waals surface area (Å²) in [5.41, 5.74) is 1.32. The second-order valence-electron chi connectivity index (χ2n) is 14.0. The lowest BCUT2D eigenvalue weighted by molar-refractivity contribution is -0.179. The Bertz CT molecular complexity index is 2220. The van der Waals surface area contributed by atoms with Crippen LogP contribution in [0.2, 0.25) is 0 Å². The SMILES string of the molecule is CC(NC(=O)N1C(=O)C2(c3ccccc31)C(C(=O)O)C1C(=O)OC(c3ccccc3)C(c3ccccc3)N1C2c1ccc(OCCO)cc1)c1ccccc1. The summed E-state index contributed by atoms with van der Waals surface area (Å²) in [5.74, 6) is -4.18. The van der Waals surface area contributed by atoms with Gasteiger partial charge in [0, 0.05) is 0 Å². The Morgan fingerprint density at radius 1 is 0.782 bits per heavy atom. The molecule has 8 rings (SSSR count). The molecule has 2 saturated heterocycles. The molecular weight excluding hydrogens is 698 g/mol. The maximum absolute atomic E-state index is 15.7. The van der Waals surface area contributed by atoms with Gasteiger partial charge in [0.15, 0.2) is 0 Å². The van der Waals surface area contributed by atoms with Crippen molar-refractivity contribution in [2.45, 2.75) is 42.6 Å². The maximum atomic E-state index is 15.7. The van der Waals surface area contributed by atoms with E-state index in [0.29, 0.717) is 22.4 Å². The summed E-state index contributed by atoms with van der Waals surface area (Å²) in [7, 11) is 0. The molecule has 0 aromatic heterocycles. The van der Waals surface area contributed by atoms with Gasteiger partial charge in [-0.2, -0.15) is 0 Å². The van der Waals surface area contributed by atoms with E-state index in [-0.39, 0.29) is 18.9 Å². The van der Waals surface area contributed by atoms with Crippen molar-refractivity contribution in [2.24, 2.45) is 5.92 Å². The number of nitrogens with zero attached hydrogens (tertiary/aromatic N) is 2. The Morgan fingerprint density at radius 2 is 1.38 bits per heavy atom. The second kappa shape index (κ2) is 14.5. The summed E-state index contributed by atoms with van der Waals surface area (Å²) < 4.78 is 12.0. The predicted molar refractivity (Wildman–Crippen MR) is 202 cm³/mol. The second-order valence-corrected chi connectivity index (χ2v) is 14.0. The van der Waals surface area contributed by atoms with Gasteiger partial charge in [0.25, 0.3) is 0 Å². The molecule has 7 atom stereocenters. The van der Waals surface area contributed by atoms with Crippen LogP contribution in [0.4, 0.5) is 10.5 Å². The number of carboxylic acid groups (broad SMARTS) is 1. The monoisotopic (exact) mass is 737 g/mol. The number of hydrogen-bond donors (Lipinski definition) is 3. The Balaban J connectivity index is 1.37. The van der Waals surface area contributed by atoms with Gasteiger partial charge in [-0.3, -0.25) is 19.3 Å². The molecule has 3 N–H and O–H groups in total. The van der Waals surface area contributed by atoms with Crippen LogP contribution in [0.1, 0.15) is 59.0 Å². The van der Waals surface area contributed by atoms with Crippen LogP contribution in [0, 0.1) is 5.92 Å². The number of nitrogens with one attached hydrogen (secondary N) is 1. The molecule has 11 heteroatoms. The quantitative estimate of drug-likeness (QED) is 0.149. The van der Waals surface area contributed by atoms with E-state index in [0.717, 1.165) is 16.0 Å². The summed E-state index contributed by atoms with van der Waals surface area (Å²) in [6.07, 6.45) is -0.885. The number of amides is 3. The molecule has 11 nitrogen and oxygen atoms in total. The zero-order valence-electron chi connectivity index (χ0n) is 29.9. The number of carboxylic acids is 1. The van der Waals surface area contributed by atoms with E-state index in [9.17, 15) is 24.6 Å². The lowest BCUT2D eigenvalue weighted by atomic mass is 9.65. The van der Waals surface area contributed by atoms with Crippen molar-refractivity contribution < 1.29 is 38.9 Å². The van der Waals surface area contributed by atoms with E-state index in [1.807, 2.05) is 95.9 Å². The van der Waals surface area contributed by atoms with Gasteiger partial charge in [-0.1, -0.05) is 121 Å². The summed E-state index contributed by atoms with van der Waals surface area (Å²) >= 11 is 0. The fourth-order valence-corrected chi connectivity index (χ4v) is 8.83. The van der Waals surface area contributed by atoms with Crippen molar-refractivity contribution in [1.29, 1.82) is 0 Å². The highest BCUT2D eigenvalue weighted by atomic mass is 16.6. The largest absolute Gasteiger partial charge is 0.491 e. The van der Waals surface area contributed by atoms with Gasteiger partial charge < -0.3 is 25.0 Å². The normalized spacial score (nSPS) is 24.8. The fourth-order valence-electron chi connectivity index (χ4n) is 8.83. The first-order valence-electron chi connectivity index (χ1n) is 18.2. The number of carbonyl (C=O) groups is 4. The minimum Gasteiger partial charge on any atom is -0.491 e. The van der Waals surface area contributed by atoms with Crippen LogP contribution < -0.4 is 15.0 Å². The molecule has 278 valence electrons. The third-order valence-corrected chi connectivity index (χ3v) is 11.0. The molecule has 55 heavy (non-hydrogen) atoms. The number of ether oxygens (including phenoxy) is 2. The first-order chi connectivity index (χ1) is 26.8. The standard InChI is InChI=1S/C44H39N3O8/c1-27(28-13-5-2-6-14-28)45-43(53)46-34-20-12-11-19-33(34)44(42(46)52)35(40(49)50)37-41(51)55-38(30-17-9-4-10-18-30)36(29-15-7-3-8-16-29)47(37)39(44)31-21-23-32(24-22-31)54-26-25-48/h2-24,27,35-39,48H,25-26H2,1H3,(H,45,53)(H,49,50). The lowest BCUT2D eigenvalue weighted by Gasteiger charge is -2.46. The Hall–Kier alpha value is -6.30. The number of morpholine rings is 1. The minimum absolute atomic E-state index is 0.0556. The van der Waals surface area contributed by atoms with E-state index in [1.54, 1.807) is 55.5 Å². The topological polar surface area (TPSA) is 146 Å². The molecule has 0 bridgehead atoms. The Labute approximate surface area is 317 Å². The number of aliphatic carboxylic acids is 1. The smallest absolute Gasteiger partial charge is 0.329 e. The molecule has 3 amide bonds. The summed E-state index contributed by atoms with van der Waals surface area (Å²) in [6.45, 7) is 1.66. The summed E-state index contributed by atoms with van der Waals surface area (Å²) in [5, 5.41) is 23.7. The molecule has 2 fully saturated rings. The number of esters is 1. The number of anilines is 1. The van der Waals surface area contributed by atoms with Crippen molar-refractivity contribution >= 4 is 29.6 Å². The number of aliphatic hydroxyl groups is 1. The Morgan fingerprint density at radius 3 is 2.02 bits per heavy atom. The highest BCUT2D eigenvalue weighted by molar-refractivity contribution is 6.24. The zero-order valence-corrected chi connectivity index (χ0v) is 29.9. The number of fused-ring (bicyclic) bond motifs is 3. The number of aliphatic hydroxyl groups excluding tert-OH is 1. The van der Waals surface area contributed by atoms with Crippen LogP contribution in [0.25, 0.3) is 0 Å². The van der Waals surface area contributed by atoms with Crippen molar-refractivity contribution in [3.05, 3.63) is 167 Å². The number of imide groups is 1. The molecule has 0 radical (unpaired) electrons. The first-order valence-corrected chi connectivity index (χ1v) is 18.2. The van der Waals surface area contributed by atoms with E-state index in [4.69, 9.17) is 9.47 Å². The number of cyclic esters (lactones) is 1. The van der Waals surface area contributed by atoms with Gasteiger partial charge in [-0.25, -0.2) is 9.69 Å². The van der Waals surface area contributed by atoms with Gasteiger partial charge in [0.1, 0.15) is 35.8 Å². The molecule has 3 aliphatic rings. The highest BCUT2D eigenvalue weighted by Gasteiger charge is 2.75. The molecule has 0 aliphatic carbocycles. The van der Waals surface area contributed by atoms with Gasteiger partial charge >= 0.3 is 18.0 Å². The number of para-hydroxylation sites is 1. The molecule has 7 unspecified atom stereocenters. The van der Waals surface area contributed by atoms with Crippen molar-refractivity contribution in [1.82, 2.24) is 10.2 Å². The minimum atomic E-state index is -1.99. The molecule has 5 aromatic carbocycles. The van der Waals surface area contributed by atoms with Crippen molar-refractivity contribution in [3.63, 3.8) is 0 Å². The summed E-state index contributed by atoms with van der Waals surface area (Å²) in [4.78, 5) is 61.5. The van der Waals surface area contributed by atoms with Crippen molar-refractivity contribution in [2.75, 3.05) is 18.1 Å². The maximum Gasteiger partial charge on any atom is 0.329 e. The van der Waals surface area contributed by atoms with E-state index >= 15 is 4.79 Å². The third kappa shape index (κ3) is 5.83. The molecule has 3 heterocycles. The predicted octanol–water partition coefficient (Wildman–Crippen LogP) is 6.28. The first kappa shape index (κ1) is 35.7. The van der Waals surface area contributed by atoms with Crippen LogP contribution >= 0.6 is 0 Å². The average Bonchev–Trinajstić information content (AvgIpc) is 3.68. The average molecular weight is 738 g/mol. The number of hydrogen-bond acceptors (Lipinski definition) is 8. The third-order valence-electron chi connectivity index (χ3n) is 11.0. The number of carbonyl (C=O) groups excluding carboxylic acids is 3. The van der Waals surface area contributed by atoms with Gasteiger partial charge in [0.05, 0.1) is 30.4 Å². The van der Waals surface area contributed by atoms with Crippen LogP contribution in [-0.2, 0) is 24.5 Å². The zero-order chi connectivity index (χ0) is 38.3. The van der Waals surface area contributed by atoms with Crippen molar-refractivity contribution in [3.8, 4) is 5.75 Å². The number of rotatable bonds is 9. The molecule has 1 spiro atoms. The van der Waals surface area contributed by atoms with E-state index in [1.165, 1.54) is 0 Å². The van der Waals surface area contributed by atoms with Crippen LogP contribution in [0.15, 0.2) is 140 Å². The van der Waals surface area contributed by atoms with Gasteiger partial charge in [-0.15, -0.1) is 0 Å². The highest BCUT2D eigenvalue weighted by Crippen LogP contribution is 2.65. The fraction of sp³-hybridized carbons (Fsp3) is 0.227. The number of urea groups is 1. The Kier molecular flexibility index (Phi) is 9.42. The van der Waals surface area contributed by atoms with E-state index in [2.05, 4.69) is 5.32 Å². The van der Waals surface area contributed by atoms with Gasteiger partial charge in [-0.05, 0) is 52.9 Å². The van der Waals surface area contributed by atoms with Gasteiger partial charge in [0.2, 0.25) is 5.91 Å².